The summed E-state index contributed by atoms with van der Waals surface area (Å²) in [6, 6.07) is 0.358. The number of unbranched alkanes of at least 4 members (excludes halogenated alkanes) is 3. The van der Waals surface area contributed by atoms with Crippen LogP contribution < -0.4 is 3.71 Å². The van der Waals surface area contributed by atoms with Crippen LogP contribution in [0, 0.1) is 0 Å². The normalized spacial score (nSPS) is 16.0. The molecule has 2 rings (SSSR count). The van der Waals surface area contributed by atoms with Gasteiger partial charge in [-0.3, -0.25) is 0 Å². The molecule has 0 saturated carbocycles. The first-order valence-electron chi connectivity index (χ1n) is 12.6. The summed E-state index contributed by atoms with van der Waals surface area (Å²) >= 11 is -2.58. The number of aromatic nitrogens is 3. The molecule has 31 heavy (non-hydrogen) atoms. The van der Waals surface area contributed by atoms with Crippen LogP contribution >= 0.6 is 0 Å². The molecule has 6 nitrogen and oxygen atoms in total. The maximum atomic E-state index is 12.5. The molecule has 0 N–H and O–H groups in total. The molecule has 0 atom stereocenters. The van der Waals surface area contributed by atoms with Gasteiger partial charge in [0.15, 0.2) is 0 Å². The third kappa shape index (κ3) is 7.64. The van der Waals surface area contributed by atoms with E-state index in [0.29, 0.717) is 6.04 Å². The Balaban J connectivity index is 2.19. The Hall–Kier alpha value is -0.791. The number of hydrogen-bond acceptors (Lipinski definition) is 4. The van der Waals surface area contributed by atoms with Gasteiger partial charge in [0, 0.05) is 0 Å². The summed E-state index contributed by atoms with van der Waals surface area (Å²) in [5.41, 5.74) is -0.446. The van der Waals surface area contributed by atoms with Crippen molar-refractivity contribution in [1.82, 2.24) is 19.9 Å². The van der Waals surface area contributed by atoms with Crippen LogP contribution in [0.4, 0.5) is 4.79 Å². The van der Waals surface area contributed by atoms with Crippen molar-refractivity contribution in [3.8, 4) is 0 Å². The van der Waals surface area contributed by atoms with E-state index >= 15 is 0 Å². The first kappa shape index (κ1) is 26.5. The van der Waals surface area contributed by atoms with Crippen LogP contribution in [0.5, 0.6) is 0 Å². The minimum atomic E-state index is -2.58. The van der Waals surface area contributed by atoms with Crippen LogP contribution in [0.2, 0.25) is 13.3 Å². The predicted molar refractivity (Wildman–Crippen MR) is 131 cm³/mol. The first-order chi connectivity index (χ1) is 14.8. The second kappa shape index (κ2) is 12.4. The van der Waals surface area contributed by atoms with Crippen molar-refractivity contribution in [2.24, 2.45) is 0 Å². The van der Waals surface area contributed by atoms with E-state index in [-0.39, 0.29) is 6.09 Å². The van der Waals surface area contributed by atoms with Crippen LogP contribution in [-0.4, -0.2) is 63.1 Å². The number of hydrogen-bond donors (Lipinski definition) is 0. The third-order valence-electron chi connectivity index (χ3n) is 6.61. The fourth-order valence-electron chi connectivity index (χ4n) is 4.82. The summed E-state index contributed by atoms with van der Waals surface area (Å²) in [5, 5.41) is 9.09. The van der Waals surface area contributed by atoms with Gasteiger partial charge in [0.1, 0.15) is 0 Å². The quantitative estimate of drug-likeness (QED) is 0.327. The zero-order valence-electron chi connectivity index (χ0n) is 21.0. The van der Waals surface area contributed by atoms with Gasteiger partial charge >= 0.3 is 195 Å². The van der Waals surface area contributed by atoms with Gasteiger partial charge in [-0.1, -0.05) is 0 Å². The van der Waals surface area contributed by atoms with Gasteiger partial charge in [-0.25, -0.2) is 0 Å². The number of ether oxygens (including phenoxy) is 1. The molecule has 0 unspecified atom stereocenters. The summed E-state index contributed by atoms with van der Waals surface area (Å²) in [6.07, 6.45) is 11.7. The molecular formula is C24H46N4O2Sn. The average Bonchev–Trinajstić information content (AvgIpc) is 3.23. The fourth-order valence-corrected chi connectivity index (χ4v) is 21.0. The number of carbonyl (C=O) groups is 1. The van der Waals surface area contributed by atoms with E-state index in [2.05, 4.69) is 42.0 Å². The van der Waals surface area contributed by atoms with E-state index in [9.17, 15) is 4.79 Å². The summed E-state index contributed by atoms with van der Waals surface area (Å²) in [5.74, 6) is 0. The Morgan fingerprint density at radius 1 is 1.03 bits per heavy atom. The molecule has 0 bridgehead atoms. The zero-order chi connectivity index (χ0) is 22.9. The van der Waals surface area contributed by atoms with Gasteiger partial charge in [-0.2, -0.15) is 0 Å². The van der Waals surface area contributed by atoms with Gasteiger partial charge in [0.05, 0.1) is 0 Å². The predicted octanol–water partition coefficient (Wildman–Crippen LogP) is 5.91. The van der Waals surface area contributed by atoms with Crippen LogP contribution in [0.25, 0.3) is 0 Å². The van der Waals surface area contributed by atoms with Crippen molar-refractivity contribution < 1.29 is 9.53 Å². The van der Waals surface area contributed by atoms with Crippen molar-refractivity contribution in [2.75, 3.05) is 13.1 Å². The topological polar surface area (TPSA) is 60.2 Å². The number of carbonyl (C=O) groups excluding carboxylic acids is 1. The molecule has 1 aliphatic rings. The molecule has 0 aliphatic carbocycles. The first-order valence-corrected chi connectivity index (χ1v) is 20.1. The van der Waals surface area contributed by atoms with Crippen LogP contribution in [-0.2, 0) is 4.74 Å². The summed E-state index contributed by atoms with van der Waals surface area (Å²) in [6.45, 7) is 14.2. The van der Waals surface area contributed by atoms with Gasteiger partial charge in [-0.05, 0) is 0 Å². The Labute approximate surface area is 194 Å². The van der Waals surface area contributed by atoms with E-state index in [4.69, 9.17) is 4.74 Å². The number of piperidine rings is 1. The monoisotopic (exact) mass is 542 g/mol. The molecule has 0 aromatic carbocycles. The zero-order valence-corrected chi connectivity index (χ0v) is 23.8. The SMILES string of the molecule is CCC[CH2][Sn]([CH2]CCC)([CH2]CCC)[c]1cnnn1C1CCN(C(=O)OC(C)(C)C)CC1. The molecule has 0 spiro atoms. The molecule has 1 saturated heterocycles. The molecule has 0 radical (unpaired) electrons. The standard InChI is InChI=1S/C12H19N4O2.3C4H9.Sn/c1-12(2,3)18-11(17)15-7-4-10(5-8-15)16-9-6-13-14-16;3*1-3-4-2;/h6,10H,4-5,7-8H2,1-3H3;3*1,3-4H2,2H3;. The van der Waals surface area contributed by atoms with E-state index in [1.165, 1.54) is 51.8 Å². The molecular weight excluding hydrogens is 495 g/mol. The number of likely N-dealkylation sites (tertiary alicyclic amines) is 1. The molecule has 7 heteroatoms. The third-order valence-corrected chi connectivity index (χ3v) is 22.0. The molecule has 1 fully saturated rings. The van der Waals surface area contributed by atoms with Crippen molar-refractivity contribution in [3.63, 3.8) is 0 Å². The fraction of sp³-hybridized carbons (Fsp3) is 0.875. The van der Waals surface area contributed by atoms with E-state index in [1.54, 1.807) is 3.71 Å². The molecule has 1 amide bonds. The van der Waals surface area contributed by atoms with Gasteiger partial charge in [-0.15, -0.1) is 0 Å². The number of nitrogens with zero attached hydrogens (tertiary/aromatic N) is 4. The maximum absolute atomic E-state index is 12.5. The molecule has 2 heterocycles. The van der Waals surface area contributed by atoms with E-state index in [0.717, 1.165) is 25.9 Å². The number of amides is 1. The second-order valence-corrected chi connectivity index (χ2v) is 23.4. The molecule has 1 aliphatic heterocycles. The average molecular weight is 541 g/mol. The summed E-state index contributed by atoms with van der Waals surface area (Å²) < 4.78 is 13.7. The Bertz CT molecular complexity index is 641. The molecule has 1 aromatic heterocycles. The van der Waals surface area contributed by atoms with Crippen molar-refractivity contribution in [1.29, 1.82) is 0 Å². The van der Waals surface area contributed by atoms with Crippen LogP contribution in [0.15, 0.2) is 6.20 Å². The van der Waals surface area contributed by atoms with E-state index in [1.807, 2.05) is 25.7 Å². The second-order valence-electron chi connectivity index (χ2n) is 10.4. The molecule has 1 aromatic rings. The summed E-state index contributed by atoms with van der Waals surface area (Å²) in [7, 11) is 0. The Morgan fingerprint density at radius 2 is 1.55 bits per heavy atom. The van der Waals surface area contributed by atoms with Crippen molar-refractivity contribution in [3.05, 3.63) is 6.20 Å². The minimum absolute atomic E-state index is 0.188. The van der Waals surface area contributed by atoms with Gasteiger partial charge in [0.25, 0.3) is 0 Å². The van der Waals surface area contributed by atoms with Crippen molar-refractivity contribution in [2.45, 2.75) is 118 Å². The van der Waals surface area contributed by atoms with Crippen LogP contribution in [0.3, 0.4) is 0 Å². The van der Waals surface area contributed by atoms with E-state index < -0.39 is 24.0 Å². The molecule has 178 valence electrons. The Morgan fingerprint density at radius 3 is 2.00 bits per heavy atom. The van der Waals surface area contributed by atoms with Crippen LogP contribution in [0.1, 0.15) is 99.0 Å². The van der Waals surface area contributed by atoms with Crippen molar-refractivity contribution >= 4 is 28.2 Å². The van der Waals surface area contributed by atoms with Gasteiger partial charge < -0.3 is 0 Å². The Kier molecular flexibility index (Phi) is 10.6. The summed E-state index contributed by atoms with van der Waals surface area (Å²) in [4.78, 5) is 14.3. The van der Waals surface area contributed by atoms with Gasteiger partial charge in [0.2, 0.25) is 0 Å². The number of rotatable bonds is 11.